The molecule has 1 atom stereocenters. The van der Waals surface area contributed by atoms with Crippen LogP contribution in [0, 0.1) is 11.8 Å². The number of hydrogen-bond donors (Lipinski definition) is 2. The molecule has 0 bridgehead atoms. The Morgan fingerprint density at radius 1 is 1.20 bits per heavy atom. The van der Waals surface area contributed by atoms with Crippen molar-refractivity contribution in [3.63, 3.8) is 0 Å². The maximum absolute atomic E-state index is 13.1. The Labute approximate surface area is 202 Å². The van der Waals surface area contributed by atoms with Crippen LogP contribution in [0.2, 0.25) is 0 Å². The number of carbonyl (C=O) groups excluding carboxylic acids is 2. The van der Waals surface area contributed by atoms with Gasteiger partial charge in [0, 0.05) is 19.3 Å². The van der Waals surface area contributed by atoms with E-state index in [1.807, 2.05) is 18.2 Å². The van der Waals surface area contributed by atoms with Crippen molar-refractivity contribution >= 4 is 17.6 Å². The van der Waals surface area contributed by atoms with Crippen molar-refractivity contribution in [3.8, 4) is 29.1 Å². The van der Waals surface area contributed by atoms with Crippen LogP contribution in [-0.2, 0) is 4.79 Å². The molecule has 4 rings (SSSR count). The number of nitrogens with one attached hydrogen (secondary N) is 1. The fourth-order valence-electron chi connectivity index (χ4n) is 3.22. The van der Waals surface area contributed by atoms with Crippen LogP contribution in [0.1, 0.15) is 30.0 Å². The molecule has 0 spiro atoms. The molecule has 0 fully saturated rings. The summed E-state index contributed by atoms with van der Waals surface area (Å²) in [5, 5.41) is 12.5. The zero-order chi connectivity index (χ0) is 25.0. The molecule has 2 amide bonds. The molecule has 0 aliphatic carbocycles. The molecule has 0 saturated heterocycles. The average Bonchev–Trinajstić information content (AvgIpc) is 2.95. The van der Waals surface area contributed by atoms with E-state index in [1.54, 1.807) is 51.2 Å². The minimum atomic E-state index is -1.18. The highest BCUT2D eigenvalue weighted by Gasteiger charge is 2.32. The van der Waals surface area contributed by atoms with Crippen molar-refractivity contribution in [2.24, 2.45) is 0 Å². The third kappa shape index (κ3) is 5.93. The minimum absolute atomic E-state index is 0.0848. The zero-order valence-electron chi connectivity index (χ0n) is 19.5. The van der Waals surface area contributed by atoms with E-state index < -0.39 is 23.5 Å². The Bertz CT molecular complexity index is 1310. The molecule has 35 heavy (non-hydrogen) atoms. The number of ether oxygens (including phenoxy) is 2. The standard InChI is InChI=1S/C26H24N4O5/c1-26(2,33)13-11-17-9-10-22-23(28-17)30(3)25(32)21(16-34-22)29-24(31)20-15-19(12-14-27-20)35-18-7-5-4-6-8-18/h4-10,12,14-15,21,33H,16H2,1-3H3,(H,29,31). The Hall–Kier alpha value is -4.42. The van der Waals surface area contributed by atoms with Gasteiger partial charge in [-0.05, 0) is 50.1 Å². The number of para-hydroxylation sites is 1. The number of likely N-dealkylation sites (N-methyl/N-ethyl adjacent to an activating group) is 1. The van der Waals surface area contributed by atoms with Gasteiger partial charge in [-0.25, -0.2) is 4.98 Å². The van der Waals surface area contributed by atoms with Crippen molar-refractivity contribution in [2.45, 2.75) is 25.5 Å². The molecule has 3 heterocycles. The summed E-state index contributed by atoms with van der Waals surface area (Å²) in [4.78, 5) is 35.8. The quantitative estimate of drug-likeness (QED) is 0.561. The zero-order valence-corrected chi connectivity index (χ0v) is 19.5. The first-order chi connectivity index (χ1) is 16.7. The first-order valence-corrected chi connectivity index (χ1v) is 10.9. The largest absolute Gasteiger partial charge is 0.487 e. The van der Waals surface area contributed by atoms with Crippen LogP contribution in [0.4, 0.5) is 5.82 Å². The number of aromatic nitrogens is 2. The van der Waals surface area contributed by atoms with E-state index in [2.05, 4.69) is 27.1 Å². The van der Waals surface area contributed by atoms with E-state index in [0.29, 0.717) is 22.9 Å². The van der Waals surface area contributed by atoms with Crippen molar-refractivity contribution in [1.29, 1.82) is 0 Å². The summed E-state index contributed by atoms with van der Waals surface area (Å²) in [5.41, 5.74) is -0.714. The molecule has 3 aromatic rings. The summed E-state index contributed by atoms with van der Waals surface area (Å²) >= 11 is 0. The number of anilines is 1. The molecule has 1 aromatic carbocycles. The molecule has 178 valence electrons. The van der Waals surface area contributed by atoms with Crippen molar-refractivity contribution in [3.05, 3.63) is 72.2 Å². The van der Waals surface area contributed by atoms with Crippen LogP contribution in [0.3, 0.4) is 0 Å². The summed E-state index contributed by atoms with van der Waals surface area (Å²) in [6.07, 6.45) is 1.46. The van der Waals surface area contributed by atoms with Gasteiger partial charge in [-0.15, -0.1) is 0 Å². The number of hydrogen-bond acceptors (Lipinski definition) is 7. The van der Waals surface area contributed by atoms with Gasteiger partial charge in [-0.3, -0.25) is 19.5 Å². The molecular weight excluding hydrogens is 448 g/mol. The fraction of sp³-hybridized carbons (Fsp3) is 0.231. The van der Waals surface area contributed by atoms with Crippen LogP contribution in [-0.4, -0.2) is 52.2 Å². The Morgan fingerprint density at radius 2 is 1.97 bits per heavy atom. The van der Waals surface area contributed by atoms with Gasteiger partial charge in [-0.1, -0.05) is 24.1 Å². The van der Waals surface area contributed by atoms with Crippen molar-refractivity contribution < 1.29 is 24.2 Å². The van der Waals surface area contributed by atoms with Crippen LogP contribution in [0.25, 0.3) is 0 Å². The monoisotopic (exact) mass is 472 g/mol. The third-order valence-electron chi connectivity index (χ3n) is 4.94. The maximum atomic E-state index is 13.1. The van der Waals surface area contributed by atoms with Gasteiger partial charge in [0.2, 0.25) is 0 Å². The van der Waals surface area contributed by atoms with E-state index >= 15 is 0 Å². The SMILES string of the molecule is CN1C(=O)C(NC(=O)c2cc(Oc3ccccc3)ccn2)COc2ccc(C#CC(C)(C)O)nc21. The third-order valence-corrected chi connectivity index (χ3v) is 4.94. The minimum Gasteiger partial charge on any atom is -0.487 e. The number of rotatable bonds is 4. The molecule has 0 saturated carbocycles. The molecular formula is C26H24N4O5. The van der Waals surface area contributed by atoms with Crippen molar-refractivity contribution in [1.82, 2.24) is 15.3 Å². The molecule has 9 nitrogen and oxygen atoms in total. The summed E-state index contributed by atoms with van der Waals surface area (Å²) < 4.78 is 11.5. The number of amides is 2. The number of nitrogens with zero attached hydrogens (tertiary/aromatic N) is 3. The number of aliphatic hydroxyl groups is 1. The molecule has 2 N–H and O–H groups in total. The molecule has 9 heteroatoms. The number of benzene rings is 1. The van der Waals surface area contributed by atoms with Gasteiger partial charge >= 0.3 is 0 Å². The Balaban J connectivity index is 1.48. The van der Waals surface area contributed by atoms with E-state index in [1.165, 1.54) is 17.2 Å². The maximum Gasteiger partial charge on any atom is 0.270 e. The summed E-state index contributed by atoms with van der Waals surface area (Å²) in [5.74, 6) is 6.22. The molecule has 1 unspecified atom stereocenters. The predicted molar refractivity (Wildman–Crippen MR) is 128 cm³/mol. The van der Waals surface area contributed by atoms with Gasteiger partial charge < -0.3 is 19.9 Å². The lowest BCUT2D eigenvalue weighted by atomic mass is 10.1. The lowest BCUT2D eigenvalue weighted by molar-refractivity contribution is -0.120. The van der Waals surface area contributed by atoms with Crippen LogP contribution in [0.5, 0.6) is 17.2 Å². The summed E-state index contributed by atoms with van der Waals surface area (Å²) in [6, 6.07) is 14.6. The van der Waals surface area contributed by atoms with Gasteiger partial charge in [0.1, 0.15) is 41.1 Å². The lowest BCUT2D eigenvalue weighted by Crippen LogP contribution is -2.49. The van der Waals surface area contributed by atoms with Crippen LogP contribution in [0.15, 0.2) is 60.8 Å². The van der Waals surface area contributed by atoms with Gasteiger partial charge in [0.15, 0.2) is 11.6 Å². The van der Waals surface area contributed by atoms with E-state index in [-0.39, 0.29) is 18.1 Å². The highest BCUT2D eigenvalue weighted by atomic mass is 16.5. The predicted octanol–water partition coefficient (Wildman–Crippen LogP) is 2.55. The smallest absolute Gasteiger partial charge is 0.270 e. The van der Waals surface area contributed by atoms with E-state index in [9.17, 15) is 14.7 Å². The first-order valence-electron chi connectivity index (χ1n) is 10.9. The number of pyridine rings is 2. The van der Waals surface area contributed by atoms with Crippen LogP contribution < -0.4 is 19.7 Å². The molecule has 2 aromatic heterocycles. The average molecular weight is 473 g/mol. The van der Waals surface area contributed by atoms with Gasteiger partial charge in [-0.2, -0.15) is 0 Å². The number of carbonyl (C=O) groups is 2. The molecule has 1 aliphatic rings. The topological polar surface area (TPSA) is 114 Å². The van der Waals surface area contributed by atoms with E-state index in [0.717, 1.165) is 0 Å². The second-order valence-corrected chi connectivity index (χ2v) is 8.35. The highest BCUT2D eigenvalue weighted by molar-refractivity contribution is 6.02. The van der Waals surface area contributed by atoms with Crippen LogP contribution >= 0.6 is 0 Å². The van der Waals surface area contributed by atoms with Gasteiger partial charge in [0.05, 0.1) is 0 Å². The fourth-order valence-corrected chi connectivity index (χ4v) is 3.22. The first kappa shape index (κ1) is 23.7. The van der Waals surface area contributed by atoms with E-state index in [4.69, 9.17) is 9.47 Å². The normalized spacial score (nSPS) is 15.1. The highest BCUT2D eigenvalue weighted by Crippen LogP contribution is 2.29. The Kier molecular flexibility index (Phi) is 6.66. The van der Waals surface area contributed by atoms with Gasteiger partial charge in [0.25, 0.3) is 11.8 Å². The second-order valence-electron chi connectivity index (χ2n) is 8.35. The summed E-state index contributed by atoms with van der Waals surface area (Å²) in [7, 11) is 1.54. The lowest BCUT2D eigenvalue weighted by Gasteiger charge is -2.19. The summed E-state index contributed by atoms with van der Waals surface area (Å²) in [6.45, 7) is 3.04. The number of fused-ring (bicyclic) bond motifs is 1. The Morgan fingerprint density at radius 3 is 2.71 bits per heavy atom. The molecule has 0 radical (unpaired) electrons. The second kappa shape index (κ2) is 9.83. The van der Waals surface area contributed by atoms with Crippen molar-refractivity contribution in [2.75, 3.05) is 18.6 Å². The molecule has 1 aliphatic heterocycles.